The number of hydrogen-bond acceptors (Lipinski definition) is 2. The third-order valence-electron chi connectivity index (χ3n) is 1.32. The Hall–Kier alpha value is -0.540. The lowest BCUT2D eigenvalue weighted by molar-refractivity contribution is 0.0504. The lowest BCUT2D eigenvalue weighted by Crippen LogP contribution is -1.99. The Bertz CT molecular complexity index is 261. The monoisotopic (exact) mass is 229 g/mol. The molecule has 0 aromatic heterocycles. The van der Waals surface area contributed by atoms with Crippen LogP contribution in [0.3, 0.4) is 0 Å². The third-order valence-corrected chi connectivity index (χ3v) is 1.91. The van der Waals surface area contributed by atoms with Gasteiger partial charge >= 0.3 is 0 Å². The number of halogens is 1. The molecule has 0 unspecified atom stereocenters. The number of rotatable bonds is 3. The van der Waals surface area contributed by atoms with Crippen molar-refractivity contribution in [3.63, 3.8) is 0 Å². The molecule has 65 valence electrons. The van der Waals surface area contributed by atoms with Crippen molar-refractivity contribution in [2.24, 2.45) is 0 Å². The minimum absolute atomic E-state index is 0.248. The Morgan fingerprint density at radius 3 is 2.92 bits per heavy atom. The van der Waals surface area contributed by atoms with Gasteiger partial charge < -0.3 is 9.47 Å². The van der Waals surface area contributed by atoms with E-state index in [1.54, 1.807) is 7.11 Å². The first-order valence-corrected chi connectivity index (χ1v) is 4.33. The van der Waals surface area contributed by atoms with E-state index < -0.39 is 0 Å². The summed E-state index contributed by atoms with van der Waals surface area (Å²) >= 11 is 3.37. The number of ether oxygens (including phenoxy) is 2. The van der Waals surface area contributed by atoms with Gasteiger partial charge in [-0.15, -0.1) is 0 Å². The van der Waals surface area contributed by atoms with E-state index in [1.165, 1.54) is 0 Å². The van der Waals surface area contributed by atoms with Crippen LogP contribution < -0.4 is 4.74 Å². The molecule has 0 bridgehead atoms. The second kappa shape index (κ2) is 4.48. The van der Waals surface area contributed by atoms with Gasteiger partial charge in [-0.3, -0.25) is 0 Å². The zero-order valence-electron chi connectivity index (χ0n) is 7.06. The van der Waals surface area contributed by atoms with Crippen molar-refractivity contribution in [1.29, 1.82) is 0 Å². The predicted molar refractivity (Wildman–Crippen MR) is 50.2 cm³/mol. The average molecular weight is 230 g/mol. The van der Waals surface area contributed by atoms with Crippen LogP contribution in [-0.2, 0) is 4.74 Å². The van der Waals surface area contributed by atoms with Crippen molar-refractivity contribution in [2.45, 2.75) is 6.92 Å². The maximum absolute atomic E-state index is 5.22. The predicted octanol–water partition coefficient (Wildman–Crippen LogP) is 2.54. The summed E-state index contributed by atoms with van der Waals surface area (Å²) in [5.41, 5.74) is 1.15. The summed E-state index contributed by atoms with van der Waals surface area (Å²) in [5, 5.41) is 0. The molecule has 0 spiro atoms. The van der Waals surface area contributed by atoms with Crippen LogP contribution in [0.1, 0.15) is 5.56 Å². The third kappa shape index (κ3) is 2.50. The number of aryl methyl sites for hydroxylation is 1. The van der Waals surface area contributed by atoms with Gasteiger partial charge in [0.2, 0.25) is 0 Å². The summed E-state index contributed by atoms with van der Waals surface area (Å²) < 4.78 is 10.9. The van der Waals surface area contributed by atoms with E-state index in [4.69, 9.17) is 9.47 Å². The maximum Gasteiger partial charge on any atom is 0.188 e. The van der Waals surface area contributed by atoms with Gasteiger partial charge in [-0.1, -0.05) is 0 Å². The van der Waals surface area contributed by atoms with Crippen molar-refractivity contribution in [2.75, 3.05) is 13.9 Å². The molecule has 0 aliphatic rings. The summed E-state index contributed by atoms with van der Waals surface area (Å²) in [6.07, 6.45) is 0. The summed E-state index contributed by atoms with van der Waals surface area (Å²) in [5.74, 6) is 0.683. The number of methoxy groups -OCH3 is 1. The Balaban J connectivity index is 2.72. The molecule has 1 aromatic carbocycles. The summed E-state index contributed by atoms with van der Waals surface area (Å²) in [6, 6.07) is 6.84. The highest BCUT2D eigenvalue weighted by Gasteiger charge is 1.99. The molecular formula is C9H10BrO2. The van der Waals surface area contributed by atoms with Gasteiger partial charge in [0.15, 0.2) is 6.79 Å². The quantitative estimate of drug-likeness (QED) is 0.743. The molecule has 0 fully saturated rings. The van der Waals surface area contributed by atoms with E-state index in [9.17, 15) is 0 Å². The summed E-state index contributed by atoms with van der Waals surface area (Å²) in [6.45, 7) is 2.25. The van der Waals surface area contributed by atoms with E-state index >= 15 is 0 Å². The second-order valence-corrected chi connectivity index (χ2v) is 3.26. The van der Waals surface area contributed by atoms with Gasteiger partial charge in [0.25, 0.3) is 0 Å². The van der Waals surface area contributed by atoms with Crippen molar-refractivity contribution in [3.05, 3.63) is 28.2 Å². The topological polar surface area (TPSA) is 18.5 Å². The summed E-state index contributed by atoms with van der Waals surface area (Å²) in [4.78, 5) is 0. The SMILES string of the molecule is COCOc1[c]cc(C)cc1Br. The van der Waals surface area contributed by atoms with Crippen molar-refractivity contribution in [3.8, 4) is 5.75 Å². The van der Waals surface area contributed by atoms with Crippen LogP contribution in [0.25, 0.3) is 0 Å². The fraction of sp³-hybridized carbons (Fsp3) is 0.333. The van der Waals surface area contributed by atoms with Gasteiger partial charge in [0.1, 0.15) is 5.75 Å². The molecule has 2 nitrogen and oxygen atoms in total. The molecule has 1 aromatic rings. The van der Waals surface area contributed by atoms with Crippen LogP contribution in [0.15, 0.2) is 16.6 Å². The van der Waals surface area contributed by atoms with Crippen LogP contribution in [0.2, 0.25) is 0 Å². The van der Waals surface area contributed by atoms with E-state index in [1.807, 2.05) is 19.1 Å². The largest absolute Gasteiger partial charge is 0.466 e. The lowest BCUT2D eigenvalue weighted by atomic mass is 10.2. The first kappa shape index (κ1) is 9.55. The first-order valence-electron chi connectivity index (χ1n) is 3.53. The Morgan fingerprint density at radius 2 is 2.33 bits per heavy atom. The minimum Gasteiger partial charge on any atom is -0.466 e. The highest BCUT2D eigenvalue weighted by atomic mass is 79.9. The highest BCUT2D eigenvalue weighted by molar-refractivity contribution is 9.10. The van der Waals surface area contributed by atoms with Gasteiger partial charge in [0, 0.05) is 13.2 Å². The molecule has 3 heteroatoms. The Morgan fingerprint density at radius 1 is 1.58 bits per heavy atom. The molecule has 12 heavy (non-hydrogen) atoms. The minimum atomic E-state index is 0.248. The molecule has 0 heterocycles. The van der Waals surface area contributed by atoms with Crippen molar-refractivity contribution in [1.82, 2.24) is 0 Å². The van der Waals surface area contributed by atoms with Crippen LogP contribution in [-0.4, -0.2) is 13.9 Å². The highest BCUT2D eigenvalue weighted by Crippen LogP contribution is 2.24. The normalized spacial score (nSPS) is 9.92. The Kier molecular flexibility index (Phi) is 3.56. The average Bonchev–Trinajstić information content (AvgIpc) is 2.03. The molecule has 1 radical (unpaired) electrons. The second-order valence-electron chi connectivity index (χ2n) is 2.40. The fourth-order valence-electron chi connectivity index (χ4n) is 0.784. The molecule has 1 rings (SSSR count). The lowest BCUT2D eigenvalue weighted by Gasteiger charge is -2.06. The van der Waals surface area contributed by atoms with Gasteiger partial charge in [0.05, 0.1) is 4.47 Å². The molecule has 0 saturated heterocycles. The number of benzene rings is 1. The van der Waals surface area contributed by atoms with Crippen molar-refractivity contribution < 1.29 is 9.47 Å². The molecular weight excluding hydrogens is 220 g/mol. The molecule has 0 aliphatic heterocycles. The standard InChI is InChI=1S/C9H10BrO2/c1-7-3-4-9(8(10)5-7)12-6-11-2/h3,5H,6H2,1-2H3. The smallest absolute Gasteiger partial charge is 0.188 e. The first-order chi connectivity index (χ1) is 5.74. The van der Waals surface area contributed by atoms with Crippen LogP contribution in [0.5, 0.6) is 5.75 Å². The van der Waals surface area contributed by atoms with E-state index in [0.717, 1.165) is 10.0 Å². The fourth-order valence-corrected chi connectivity index (χ4v) is 1.37. The van der Waals surface area contributed by atoms with Gasteiger partial charge in [-0.2, -0.15) is 0 Å². The zero-order chi connectivity index (χ0) is 8.97. The van der Waals surface area contributed by atoms with E-state index in [0.29, 0.717) is 5.75 Å². The van der Waals surface area contributed by atoms with E-state index in [-0.39, 0.29) is 6.79 Å². The van der Waals surface area contributed by atoms with Crippen molar-refractivity contribution >= 4 is 15.9 Å². The molecule has 0 atom stereocenters. The number of hydrogen-bond donors (Lipinski definition) is 0. The van der Waals surface area contributed by atoms with E-state index in [2.05, 4.69) is 22.0 Å². The molecule has 0 amide bonds. The van der Waals surface area contributed by atoms with Gasteiger partial charge in [-0.25, -0.2) is 0 Å². The molecule has 0 aliphatic carbocycles. The van der Waals surface area contributed by atoms with Crippen LogP contribution in [0.4, 0.5) is 0 Å². The van der Waals surface area contributed by atoms with Crippen LogP contribution in [0, 0.1) is 13.0 Å². The maximum atomic E-state index is 5.22. The zero-order valence-corrected chi connectivity index (χ0v) is 8.64. The Labute approximate surface area is 80.6 Å². The van der Waals surface area contributed by atoms with Crippen LogP contribution >= 0.6 is 15.9 Å². The molecule has 0 saturated carbocycles. The molecule has 0 N–H and O–H groups in total. The summed E-state index contributed by atoms with van der Waals surface area (Å²) in [7, 11) is 1.59. The van der Waals surface area contributed by atoms with Gasteiger partial charge in [-0.05, 0) is 40.5 Å².